The number of anilines is 1. The highest BCUT2D eigenvalue weighted by Crippen LogP contribution is 2.47. The molecule has 1 fully saturated rings. The van der Waals surface area contributed by atoms with E-state index in [9.17, 15) is 9.90 Å². The number of aliphatic hydroxyl groups is 1. The Morgan fingerprint density at radius 3 is 2.82 bits per heavy atom. The quantitative estimate of drug-likeness (QED) is 0.365. The molecule has 2 N–H and O–H groups in total. The predicted octanol–water partition coefficient (Wildman–Crippen LogP) is 6.93. The van der Waals surface area contributed by atoms with Crippen molar-refractivity contribution >= 4 is 35.1 Å². The van der Waals surface area contributed by atoms with E-state index >= 15 is 0 Å². The summed E-state index contributed by atoms with van der Waals surface area (Å²) in [5.74, 6) is 1.60. The van der Waals surface area contributed by atoms with Crippen LogP contribution in [0, 0.1) is 11.8 Å². The Labute approximate surface area is 242 Å². The molecule has 0 aromatic heterocycles. The number of carbonyl (C=O) groups excluding carboxylic acids is 1. The number of aliphatic hydroxyl groups excluding tert-OH is 1. The summed E-state index contributed by atoms with van der Waals surface area (Å²) in [5.41, 5.74) is 4.22. The van der Waals surface area contributed by atoms with Gasteiger partial charge < -0.3 is 14.7 Å². The maximum atomic E-state index is 13.3. The lowest BCUT2D eigenvalue weighted by atomic mass is 9.68. The first-order valence-electron chi connectivity index (χ1n) is 14.9. The molecule has 5 atom stereocenters. The summed E-state index contributed by atoms with van der Waals surface area (Å²) in [5, 5.41) is 12.3. The lowest BCUT2D eigenvalue weighted by molar-refractivity contribution is 0.00904. The van der Waals surface area contributed by atoms with Crippen molar-refractivity contribution in [3.8, 4) is 5.75 Å². The molecule has 0 unspecified atom stereocenters. The average Bonchev–Trinajstić information content (AvgIpc) is 3.07. The molecule has 210 valence electrons. The Balaban J connectivity index is 1.37. The first-order chi connectivity index (χ1) is 19.0. The van der Waals surface area contributed by atoms with Crippen molar-refractivity contribution in [1.82, 2.24) is 4.72 Å². The molecule has 2 bridgehead atoms. The number of nitrogens with zero attached hydrogens (tertiary/aromatic N) is 1. The minimum absolute atomic E-state index is 0.0400. The second-order valence-corrected chi connectivity index (χ2v) is 13.8. The van der Waals surface area contributed by atoms with Crippen molar-refractivity contribution in [3.63, 3.8) is 0 Å². The highest BCUT2D eigenvalue weighted by atomic mass is 35.5. The molecule has 6 rings (SSSR count). The number of rotatable bonds is 1. The van der Waals surface area contributed by atoms with Gasteiger partial charge in [0.25, 0.3) is 5.91 Å². The number of aryl methyl sites for hydroxylation is 1. The van der Waals surface area contributed by atoms with Gasteiger partial charge in [-0.05, 0) is 117 Å². The number of amides is 1. The number of halogens is 1. The number of hydrogen-bond acceptors (Lipinski definition) is 5. The topological polar surface area (TPSA) is 61.8 Å². The van der Waals surface area contributed by atoms with E-state index in [0.717, 1.165) is 93.8 Å². The van der Waals surface area contributed by atoms with E-state index < -0.39 is 0 Å². The average molecular weight is 569 g/mol. The van der Waals surface area contributed by atoms with Gasteiger partial charge in [-0.3, -0.25) is 9.52 Å². The van der Waals surface area contributed by atoms with Gasteiger partial charge >= 0.3 is 0 Å². The highest BCUT2D eigenvalue weighted by molar-refractivity contribution is 7.98. The summed E-state index contributed by atoms with van der Waals surface area (Å²) in [6.07, 6.45) is 10.3. The number of fused-ring (bicyclic) bond motifs is 4. The summed E-state index contributed by atoms with van der Waals surface area (Å²) >= 11 is 7.96. The fourth-order valence-corrected chi connectivity index (χ4v) is 8.39. The van der Waals surface area contributed by atoms with E-state index in [1.54, 1.807) is 11.9 Å². The molecule has 1 saturated carbocycles. The maximum Gasteiger partial charge on any atom is 0.261 e. The molecule has 2 aromatic rings. The van der Waals surface area contributed by atoms with Gasteiger partial charge in [0, 0.05) is 34.3 Å². The van der Waals surface area contributed by atoms with Crippen molar-refractivity contribution < 1.29 is 14.6 Å². The summed E-state index contributed by atoms with van der Waals surface area (Å²) < 4.78 is 9.73. The second kappa shape index (κ2) is 11.5. The zero-order valence-corrected chi connectivity index (χ0v) is 24.5. The normalized spacial score (nSPS) is 31.3. The Kier molecular flexibility index (Phi) is 8.07. The minimum atomic E-state index is -0.232. The summed E-state index contributed by atoms with van der Waals surface area (Å²) in [7, 11) is 0. The van der Waals surface area contributed by atoms with Crippen molar-refractivity contribution in [2.45, 2.75) is 87.9 Å². The van der Waals surface area contributed by atoms with Gasteiger partial charge in [0.15, 0.2) is 0 Å². The monoisotopic (exact) mass is 568 g/mol. The second-order valence-electron chi connectivity index (χ2n) is 12.2. The third-order valence-electron chi connectivity index (χ3n) is 9.77. The van der Waals surface area contributed by atoms with Crippen molar-refractivity contribution in [2.75, 3.05) is 24.6 Å². The molecule has 2 heterocycles. The number of ether oxygens (including phenoxy) is 1. The van der Waals surface area contributed by atoms with Crippen LogP contribution in [-0.4, -0.2) is 42.1 Å². The van der Waals surface area contributed by atoms with E-state index in [2.05, 4.69) is 28.7 Å². The zero-order chi connectivity index (χ0) is 27.0. The Bertz CT molecular complexity index is 1210. The fourth-order valence-electron chi connectivity index (χ4n) is 7.35. The molecule has 2 aliphatic heterocycles. The molecule has 1 spiro atoms. The SMILES string of the molecule is CC[C@H]1CCCC[C@H](O)[C@@H]2CC[C@H]2CN2C[C@@]3(CCCc4cc(Cl)ccc43)COc3ccc(cc32)C(=O)NS1. The molecule has 5 nitrogen and oxygen atoms in total. The lowest BCUT2D eigenvalue weighted by Crippen LogP contribution is -2.49. The summed E-state index contributed by atoms with van der Waals surface area (Å²) in [6.45, 7) is 4.51. The molecule has 0 radical (unpaired) electrons. The molecule has 7 heteroatoms. The summed E-state index contributed by atoms with van der Waals surface area (Å²) in [4.78, 5) is 15.8. The van der Waals surface area contributed by atoms with Gasteiger partial charge in [-0.1, -0.05) is 37.4 Å². The lowest BCUT2D eigenvalue weighted by Gasteiger charge is -2.45. The molecular formula is C32H41ClN2O3S. The van der Waals surface area contributed by atoms with Crippen LogP contribution >= 0.6 is 23.5 Å². The molecule has 2 aliphatic carbocycles. The molecule has 2 aromatic carbocycles. The van der Waals surface area contributed by atoms with Crippen LogP contribution in [0.2, 0.25) is 5.02 Å². The number of hydrogen-bond donors (Lipinski definition) is 2. The van der Waals surface area contributed by atoms with E-state index in [0.29, 0.717) is 29.3 Å². The Hall–Kier alpha value is -1.89. The van der Waals surface area contributed by atoms with E-state index in [1.807, 2.05) is 24.3 Å². The number of nitrogens with one attached hydrogen (secondary N) is 1. The fraction of sp³-hybridized carbons (Fsp3) is 0.594. The molecule has 4 aliphatic rings. The molecule has 0 saturated heterocycles. The van der Waals surface area contributed by atoms with Crippen LogP contribution in [0.5, 0.6) is 5.75 Å². The van der Waals surface area contributed by atoms with Crippen LogP contribution < -0.4 is 14.4 Å². The predicted molar refractivity (Wildman–Crippen MR) is 160 cm³/mol. The van der Waals surface area contributed by atoms with Gasteiger partial charge in [-0.25, -0.2) is 0 Å². The van der Waals surface area contributed by atoms with Crippen molar-refractivity contribution in [2.24, 2.45) is 11.8 Å². The standard InChI is InChI=1S/C32H41ClN2O3S/c1-2-25-7-3-4-8-29(36)26-12-9-23(26)18-35-19-32(15-5-6-21-16-24(33)11-13-27(21)32)20-38-30-14-10-22(17-28(30)35)31(37)34-39-25/h10-11,13-14,16-17,23,25-26,29,36H,2-9,12,15,18-20H2,1H3,(H,34,37)/t23-,25-,26+,29-,32-/m0/s1. The van der Waals surface area contributed by atoms with Crippen LogP contribution in [0.1, 0.15) is 86.2 Å². The van der Waals surface area contributed by atoms with Crippen LogP contribution in [-0.2, 0) is 11.8 Å². The highest BCUT2D eigenvalue weighted by Gasteiger charge is 2.44. The number of benzene rings is 2. The van der Waals surface area contributed by atoms with Gasteiger partial charge in [-0.2, -0.15) is 0 Å². The third-order valence-corrected chi connectivity index (χ3v) is 11.2. The Morgan fingerprint density at radius 2 is 2.00 bits per heavy atom. The summed E-state index contributed by atoms with van der Waals surface area (Å²) in [6, 6.07) is 12.3. The van der Waals surface area contributed by atoms with E-state index in [-0.39, 0.29) is 17.4 Å². The molecular weight excluding hydrogens is 528 g/mol. The van der Waals surface area contributed by atoms with Gasteiger partial charge in [0.2, 0.25) is 0 Å². The first-order valence-corrected chi connectivity index (χ1v) is 16.2. The largest absolute Gasteiger partial charge is 0.490 e. The van der Waals surface area contributed by atoms with Crippen LogP contribution in [0.15, 0.2) is 36.4 Å². The van der Waals surface area contributed by atoms with Gasteiger partial charge in [-0.15, -0.1) is 0 Å². The van der Waals surface area contributed by atoms with Crippen LogP contribution in [0.25, 0.3) is 0 Å². The first kappa shape index (κ1) is 27.3. The van der Waals surface area contributed by atoms with Crippen molar-refractivity contribution in [1.29, 1.82) is 0 Å². The van der Waals surface area contributed by atoms with Gasteiger partial charge in [0.05, 0.1) is 18.4 Å². The smallest absolute Gasteiger partial charge is 0.261 e. The van der Waals surface area contributed by atoms with Gasteiger partial charge in [0.1, 0.15) is 5.75 Å². The van der Waals surface area contributed by atoms with Crippen LogP contribution in [0.4, 0.5) is 5.69 Å². The zero-order valence-electron chi connectivity index (χ0n) is 23.0. The van der Waals surface area contributed by atoms with Crippen LogP contribution in [0.3, 0.4) is 0 Å². The van der Waals surface area contributed by atoms with E-state index in [1.165, 1.54) is 11.1 Å². The van der Waals surface area contributed by atoms with E-state index in [4.69, 9.17) is 16.3 Å². The minimum Gasteiger partial charge on any atom is -0.490 e. The Morgan fingerprint density at radius 1 is 1.13 bits per heavy atom. The van der Waals surface area contributed by atoms with Crippen molar-refractivity contribution in [3.05, 3.63) is 58.1 Å². The third kappa shape index (κ3) is 5.54. The molecule has 39 heavy (non-hydrogen) atoms. The number of carbonyl (C=O) groups is 1. The molecule has 1 amide bonds. The maximum absolute atomic E-state index is 13.3.